The maximum atomic E-state index is 13.7. The minimum absolute atomic E-state index is 0.125. The number of thiophene rings is 1. The van der Waals surface area contributed by atoms with Crippen LogP contribution in [0.25, 0.3) is 10.1 Å². The predicted octanol–water partition coefficient (Wildman–Crippen LogP) is 3.78. The second kappa shape index (κ2) is 10.1. The number of carbonyl (C=O) groups is 1. The Bertz CT molecular complexity index is 1030. The van der Waals surface area contributed by atoms with Crippen LogP contribution in [0.5, 0.6) is 5.75 Å². The molecular weight excluding hydrogens is 415 g/mol. The van der Waals surface area contributed by atoms with Crippen molar-refractivity contribution in [3.63, 3.8) is 0 Å². The summed E-state index contributed by atoms with van der Waals surface area (Å²) < 4.78 is 20.5. The molecule has 2 aromatic heterocycles. The zero-order chi connectivity index (χ0) is 21.6. The van der Waals surface area contributed by atoms with Gasteiger partial charge in [-0.25, -0.2) is 0 Å². The van der Waals surface area contributed by atoms with Crippen molar-refractivity contribution in [2.24, 2.45) is 0 Å². The van der Waals surface area contributed by atoms with Crippen LogP contribution in [0.1, 0.15) is 23.3 Å². The molecule has 1 saturated heterocycles. The number of aromatic nitrogens is 1. The first kappa shape index (κ1) is 21.5. The van der Waals surface area contributed by atoms with E-state index in [2.05, 4.69) is 26.2 Å². The molecule has 3 aromatic rings. The van der Waals surface area contributed by atoms with Gasteiger partial charge in [0.25, 0.3) is 5.91 Å². The van der Waals surface area contributed by atoms with E-state index < -0.39 is 0 Å². The molecule has 0 unspecified atom stereocenters. The number of rotatable bonds is 8. The van der Waals surface area contributed by atoms with Crippen molar-refractivity contribution in [2.45, 2.75) is 12.8 Å². The average molecular weight is 443 g/mol. The zero-order valence-electron chi connectivity index (χ0n) is 17.6. The molecule has 1 aromatic carbocycles. The predicted molar refractivity (Wildman–Crippen MR) is 123 cm³/mol. The standard InChI is InChI=1S/C23H27FN4O2S/c1-25-23(29)19-15-17(7-8-26-19)30-14-3-2-9-27-10-12-28(13-11-27)20-5-4-6-21-18(20)16-22(24)31-21/h4-8,15-16H,2-3,9-14H2,1H3,(H,25,29). The molecule has 0 saturated carbocycles. The second-order valence-corrected chi connectivity index (χ2v) is 8.61. The van der Waals surface area contributed by atoms with Gasteiger partial charge in [-0.3, -0.25) is 14.7 Å². The number of fused-ring (bicyclic) bond motifs is 1. The molecule has 0 bridgehead atoms. The molecular formula is C23H27FN4O2S. The first-order chi connectivity index (χ1) is 15.1. The molecule has 4 rings (SSSR count). The number of pyridine rings is 1. The van der Waals surface area contributed by atoms with Crippen molar-refractivity contribution in [3.8, 4) is 5.75 Å². The molecule has 0 aliphatic carbocycles. The Morgan fingerprint density at radius 3 is 2.84 bits per heavy atom. The number of ether oxygens (including phenoxy) is 1. The molecule has 6 nitrogen and oxygen atoms in total. The van der Waals surface area contributed by atoms with E-state index in [0.29, 0.717) is 18.1 Å². The van der Waals surface area contributed by atoms with Crippen molar-refractivity contribution in [2.75, 3.05) is 51.3 Å². The van der Waals surface area contributed by atoms with Gasteiger partial charge in [-0.2, -0.15) is 4.39 Å². The number of piperazine rings is 1. The summed E-state index contributed by atoms with van der Waals surface area (Å²) in [6.07, 6.45) is 3.59. The van der Waals surface area contributed by atoms with Gasteiger partial charge < -0.3 is 15.0 Å². The van der Waals surface area contributed by atoms with Crippen molar-refractivity contribution in [1.82, 2.24) is 15.2 Å². The van der Waals surface area contributed by atoms with Gasteiger partial charge in [0.1, 0.15) is 11.4 Å². The molecule has 164 valence electrons. The number of hydrogen-bond donors (Lipinski definition) is 1. The summed E-state index contributed by atoms with van der Waals surface area (Å²) in [5.41, 5.74) is 1.50. The van der Waals surface area contributed by atoms with Gasteiger partial charge in [-0.05, 0) is 43.7 Å². The lowest BCUT2D eigenvalue weighted by Gasteiger charge is -2.36. The van der Waals surface area contributed by atoms with Gasteiger partial charge in [0, 0.05) is 61.3 Å². The highest BCUT2D eigenvalue weighted by Crippen LogP contribution is 2.33. The summed E-state index contributed by atoms with van der Waals surface area (Å²) in [7, 11) is 1.58. The molecule has 1 aliphatic heterocycles. The Kier molecular flexibility index (Phi) is 6.99. The average Bonchev–Trinajstić information content (AvgIpc) is 3.19. The van der Waals surface area contributed by atoms with Gasteiger partial charge >= 0.3 is 0 Å². The molecule has 0 radical (unpaired) electrons. The highest BCUT2D eigenvalue weighted by Gasteiger charge is 2.19. The summed E-state index contributed by atoms with van der Waals surface area (Å²) in [6, 6.07) is 11.2. The maximum Gasteiger partial charge on any atom is 0.269 e. The largest absolute Gasteiger partial charge is 0.493 e. The van der Waals surface area contributed by atoms with Crippen LogP contribution < -0.4 is 15.0 Å². The Labute approximate surface area is 185 Å². The monoisotopic (exact) mass is 442 g/mol. The minimum Gasteiger partial charge on any atom is -0.493 e. The van der Waals surface area contributed by atoms with Crippen LogP contribution >= 0.6 is 11.3 Å². The van der Waals surface area contributed by atoms with Crippen molar-refractivity contribution in [1.29, 1.82) is 0 Å². The molecule has 1 fully saturated rings. The van der Waals surface area contributed by atoms with E-state index in [9.17, 15) is 9.18 Å². The highest BCUT2D eigenvalue weighted by atomic mass is 32.1. The van der Waals surface area contributed by atoms with E-state index in [-0.39, 0.29) is 11.0 Å². The lowest BCUT2D eigenvalue weighted by molar-refractivity contribution is 0.0957. The smallest absolute Gasteiger partial charge is 0.269 e. The van der Waals surface area contributed by atoms with Gasteiger partial charge in [0.15, 0.2) is 5.13 Å². The van der Waals surface area contributed by atoms with E-state index in [1.54, 1.807) is 31.4 Å². The molecule has 1 N–H and O–H groups in total. The molecule has 0 spiro atoms. The Balaban J connectivity index is 1.18. The number of benzene rings is 1. The third-order valence-corrected chi connectivity index (χ3v) is 6.44. The summed E-state index contributed by atoms with van der Waals surface area (Å²) in [5.74, 6) is 0.450. The Morgan fingerprint density at radius 1 is 1.19 bits per heavy atom. The highest BCUT2D eigenvalue weighted by molar-refractivity contribution is 7.17. The van der Waals surface area contributed by atoms with Crippen LogP contribution in [0.3, 0.4) is 0 Å². The normalized spacial score (nSPS) is 14.7. The van der Waals surface area contributed by atoms with E-state index in [1.807, 2.05) is 12.1 Å². The van der Waals surface area contributed by atoms with E-state index in [1.165, 1.54) is 11.3 Å². The fourth-order valence-corrected chi connectivity index (χ4v) is 4.69. The van der Waals surface area contributed by atoms with Gasteiger partial charge in [0.05, 0.1) is 6.61 Å². The number of anilines is 1. The van der Waals surface area contributed by atoms with Crippen LogP contribution in [0.15, 0.2) is 42.6 Å². The number of carbonyl (C=O) groups excluding carboxylic acids is 1. The quantitative estimate of drug-likeness (QED) is 0.538. The number of hydrogen-bond acceptors (Lipinski definition) is 6. The third kappa shape index (κ3) is 5.32. The number of unbranched alkanes of at least 4 members (excludes halogenated alkanes) is 1. The van der Waals surface area contributed by atoms with Crippen LogP contribution in [0.4, 0.5) is 10.1 Å². The van der Waals surface area contributed by atoms with Gasteiger partial charge in [-0.15, -0.1) is 11.3 Å². The molecule has 8 heteroatoms. The van der Waals surface area contributed by atoms with Crippen molar-refractivity contribution >= 4 is 33.0 Å². The third-order valence-electron chi connectivity index (χ3n) is 5.55. The first-order valence-corrected chi connectivity index (χ1v) is 11.4. The number of halogens is 1. The lowest BCUT2D eigenvalue weighted by Crippen LogP contribution is -2.46. The van der Waals surface area contributed by atoms with E-state index in [4.69, 9.17) is 4.74 Å². The van der Waals surface area contributed by atoms with Crippen LogP contribution in [0.2, 0.25) is 0 Å². The summed E-state index contributed by atoms with van der Waals surface area (Å²) in [4.78, 5) is 20.5. The second-order valence-electron chi connectivity index (χ2n) is 7.58. The number of amides is 1. The first-order valence-electron chi connectivity index (χ1n) is 10.6. The van der Waals surface area contributed by atoms with Crippen LogP contribution in [-0.4, -0.2) is 62.2 Å². The SMILES string of the molecule is CNC(=O)c1cc(OCCCCN2CCN(c3cccc4sc(F)cc34)CC2)ccn1. The summed E-state index contributed by atoms with van der Waals surface area (Å²) in [5, 5.41) is 3.46. The topological polar surface area (TPSA) is 57.7 Å². The van der Waals surface area contributed by atoms with Crippen molar-refractivity contribution < 1.29 is 13.9 Å². The van der Waals surface area contributed by atoms with Gasteiger partial charge in [0.2, 0.25) is 0 Å². The van der Waals surface area contributed by atoms with Gasteiger partial charge in [-0.1, -0.05) is 6.07 Å². The number of nitrogens with one attached hydrogen (secondary N) is 1. The maximum absolute atomic E-state index is 13.7. The van der Waals surface area contributed by atoms with E-state index in [0.717, 1.165) is 61.3 Å². The summed E-state index contributed by atoms with van der Waals surface area (Å²) in [6.45, 7) is 5.56. The zero-order valence-corrected chi connectivity index (χ0v) is 18.5. The fraction of sp³-hybridized carbons (Fsp3) is 0.391. The molecule has 3 heterocycles. The van der Waals surface area contributed by atoms with E-state index >= 15 is 0 Å². The van der Waals surface area contributed by atoms with Crippen LogP contribution in [-0.2, 0) is 0 Å². The van der Waals surface area contributed by atoms with Crippen molar-refractivity contribution in [3.05, 3.63) is 53.4 Å². The summed E-state index contributed by atoms with van der Waals surface area (Å²) >= 11 is 1.21. The lowest BCUT2D eigenvalue weighted by atomic mass is 10.1. The minimum atomic E-state index is -0.218. The molecule has 0 atom stereocenters. The Hall–Kier alpha value is -2.71. The molecule has 1 amide bonds. The molecule has 31 heavy (non-hydrogen) atoms. The Morgan fingerprint density at radius 2 is 2.03 bits per heavy atom. The number of nitrogens with zero attached hydrogens (tertiary/aromatic N) is 3. The fourth-order valence-electron chi connectivity index (χ4n) is 3.88. The molecule has 1 aliphatic rings. The van der Waals surface area contributed by atoms with Crippen LogP contribution in [0, 0.1) is 5.13 Å².